The van der Waals surface area contributed by atoms with Gasteiger partial charge in [-0.25, -0.2) is 0 Å². The standard InChI is InChI=1S/C31H20NO.C11H8N.Ir/c1-3-9-22(10-4-1)27-16-14-25(29-13-7-8-18-32-29)20-28(27)24-15-17-30-26(19-24)21-31(33-30)23-11-5-2-6-12-23;1-2-6-10(7-3-1)11-8-4-5-9-12-11;/h1-13,15-21H;1-6,8-9H;/q2*-1;. The van der Waals surface area contributed by atoms with Gasteiger partial charge in [-0.05, 0) is 47.3 Å². The minimum Gasteiger partial charge on any atom is -0.456 e. The Kier molecular flexibility index (Phi) is 9.70. The van der Waals surface area contributed by atoms with Gasteiger partial charge in [0.25, 0.3) is 0 Å². The van der Waals surface area contributed by atoms with Crippen LogP contribution in [-0.4, -0.2) is 9.97 Å². The maximum Gasteiger partial charge on any atom is 0.135 e. The fraction of sp³-hybridized carbons (Fsp3) is 0. The van der Waals surface area contributed by atoms with Gasteiger partial charge in [0, 0.05) is 43.4 Å². The van der Waals surface area contributed by atoms with E-state index in [9.17, 15) is 0 Å². The molecule has 0 saturated heterocycles. The molecule has 46 heavy (non-hydrogen) atoms. The molecule has 0 aliphatic rings. The van der Waals surface area contributed by atoms with E-state index in [1.165, 1.54) is 0 Å². The van der Waals surface area contributed by atoms with Crippen LogP contribution in [-0.2, 0) is 20.1 Å². The number of fused-ring (bicyclic) bond motifs is 1. The Morgan fingerprint density at radius 2 is 1.13 bits per heavy atom. The van der Waals surface area contributed by atoms with E-state index in [4.69, 9.17) is 4.42 Å². The summed E-state index contributed by atoms with van der Waals surface area (Å²) >= 11 is 0. The molecular formula is C42H28IrN2O-2. The number of hydrogen-bond acceptors (Lipinski definition) is 3. The van der Waals surface area contributed by atoms with Crippen molar-refractivity contribution in [2.45, 2.75) is 0 Å². The molecule has 0 fully saturated rings. The molecule has 0 unspecified atom stereocenters. The van der Waals surface area contributed by atoms with E-state index in [1.807, 2.05) is 91.1 Å². The number of nitrogens with zero attached hydrogens (tertiary/aromatic N) is 2. The van der Waals surface area contributed by atoms with Gasteiger partial charge in [-0.15, -0.1) is 59.7 Å². The van der Waals surface area contributed by atoms with Gasteiger partial charge in [0.1, 0.15) is 11.3 Å². The van der Waals surface area contributed by atoms with Gasteiger partial charge in [0.2, 0.25) is 0 Å². The van der Waals surface area contributed by atoms with Crippen molar-refractivity contribution < 1.29 is 24.5 Å². The van der Waals surface area contributed by atoms with Crippen molar-refractivity contribution in [2.75, 3.05) is 0 Å². The number of pyridine rings is 2. The summed E-state index contributed by atoms with van der Waals surface area (Å²) < 4.78 is 6.14. The number of benzene rings is 5. The zero-order valence-electron chi connectivity index (χ0n) is 24.8. The van der Waals surface area contributed by atoms with Crippen LogP contribution >= 0.6 is 0 Å². The van der Waals surface area contributed by atoms with Crippen LogP contribution in [0, 0.1) is 12.1 Å². The molecule has 0 amide bonds. The predicted octanol–water partition coefficient (Wildman–Crippen LogP) is 10.8. The maximum absolute atomic E-state index is 6.14. The third kappa shape index (κ3) is 6.95. The molecular weight excluding hydrogens is 741 g/mol. The molecule has 5 aromatic carbocycles. The summed E-state index contributed by atoms with van der Waals surface area (Å²) in [5.41, 5.74) is 10.4. The number of hydrogen-bond donors (Lipinski definition) is 0. The SMILES string of the molecule is [Ir].[c-]1cc(-c2ccccc2)c(-c2ccc3oc(-c4ccccc4)cc3c2)cc1-c1ccccn1.[c-]1ccccc1-c1ccccn1. The Morgan fingerprint density at radius 1 is 0.478 bits per heavy atom. The van der Waals surface area contributed by atoms with Crippen LogP contribution in [0.3, 0.4) is 0 Å². The molecule has 0 atom stereocenters. The third-order valence-electron chi connectivity index (χ3n) is 7.51. The third-order valence-corrected chi connectivity index (χ3v) is 7.51. The van der Waals surface area contributed by atoms with Crippen molar-refractivity contribution in [3.8, 4) is 56.1 Å². The van der Waals surface area contributed by atoms with Gasteiger partial charge in [0.15, 0.2) is 0 Å². The fourth-order valence-electron chi connectivity index (χ4n) is 5.29. The van der Waals surface area contributed by atoms with Crippen LogP contribution in [0.2, 0.25) is 0 Å². The predicted molar refractivity (Wildman–Crippen MR) is 183 cm³/mol. The van der Waals surface area contributed by atoms with Crippen LogP contribution in [0.4, 0.5) is 0 Å². The average molecular weight is 769 g/mol. The first-order valence-electron chi connectivity index (χ1n) is 14.8. The normalized spacial score (nSPS) is 10.4. The van der Waals surface area contributed by atoms with Crippen LogP contribution in [0.1, 0.15) is 0 Å². The summed E-state index contributed by atoms with van der Waals surface area (Å²) in [6.07, 6.45) is 3.60. The molecule has 1 radical (unpaired) electrons. The topological polar surface area (TPSA) is 38.9 Å². The Morgan fingerprint density at radius 3 is 1.78 bits per heavy atom. The van der Waals surface area contributed by atoms with Crippen LogP contribution in [0.25, 0.3) is 67.1 Å². The van der Waals surface area contributed by atoms with Crippen molar-refractivity contribution in [3.63, 3.8) is 0 Å². The quantitative estimate of drug-likeness (QED) is 0.164. The summed E-state index contributed by atoms with van der Waals surface area (Å²) in [6, 6.07) is 59.6. The molecule has 3 nitrogen and oxygen atoms in total. The number of rotatable bonds is 5. The Hall–Kier alpha value is -5.41. The fourth-order valence-corrected chi connectivity index (χ4v) is 5.29. The van der Waals surface area contributed by atoms with E-state index >= 15 is 0 Å². The number of furan rings is 1. The molecule has 0 saturated carbocycles. The van der Waals surface area contributed by atoms with Crippen LogP contribution < -0.4 is 0 Å². The van der Waals surface area contributed by atoms with Gasteiger partial charge in [-0.1, -0.05) is 108 Å². The van der Waals surface area contributed by atoms with Gasteiger partial charge in [0.05, 0.1) is 0 Å². The molecule has 8 rings (SSSR count). The zero-order chi connectivity index (χ0) is 30.3. The second-order valence-electron chi connectivity index (χ2n) is 10.5. The molecule has 0 bridgehead atoms. The van der Waals surface area contributed by atoms with Gasteiger partial charge >= 0.3 is 0 Å². The van der Waals surface area contributed by atoms with Gasteiger partial charge in [-0.2, -0.15) is 0 Å². The number of aromatic nitrogens is 2. The van der Waals surface area contributed by atoms with Crippen molar-refractivity contribution in [3.05, 3.63) is 182 Å². The Labute approximate surface area is 282 Å². The molecule has 0 N–H and O–H groups in total. The second kappa shape index (κ2) is 14.6. The Bertz CT molecular complexity index is 2090. The largest absolute Gasteiger partial charge is 0.456 e. The minimum absolute atomic E-state index is 0. The van der Waals surface area contributed by atoms with E-state index in [-0.39, 0.29) is 20.1 Å². The molecule has 223 valence electrons. The average Bonchev–Trinajstić information content (AvgIpc) is 3.57. The first kappa shape index (κ1) is 30.6. The van der Waals surface area contributed by atoms with Crippen LogP contribution in [0.5, 0.6) is 0 Å². The van der Waals surface area contributed by atoms with Crippen molar-refractivity contribution in [2.24, 2.45) is 0 Å². The summed E-state index contributed by atoms with van der Waals surface area (Å²) in [5.74, 6) is 0.876. The van der Waals surface area contributed by atoms with E-state index < -0.39 is 0 Å². The summed E-state index contributed by atoms with van der Waals surface area (Å²) in [4.78, 5) is 8.74. The van der Waals surface area contributed by atoms with E-state index in [2.05, 4.69) is 94.9 Å². The maximum atomic E-state index is 6.14. The molecule has 0 aliphatic carbocycles. The van der Waals surface area contributed by atoms with Crippen molar-refractivity contribution in [1.29, 1.82) is 0 Å². The van der Waals surface area contributed by atoms with Gasteiger partial charge in [-0.3, -0.25) is 0 Å². The Balaban J connectivity index is 0.000000241. The molecule has 4 heteroatoms. The van der Waals surface area contributed by atoms with E-state index in [0.29, 0.717) is 0 Å². The van der Waals surface area contributed by atoms with E-state index in [1.54, 1.807) is 6.20 Å². The first-order chi connectivity index (χ1) is 22.3. The summed E-state index contributed by atoms with van der Waals surface area (Å²) in [7, 11) is 0. The molecule has 0 spiro atoms. The second-order valence-corrected chi connectivity index (χ2v) is 10.5. The van der Waals surface area contributed by atoms with Crippen molar-refractivity contribution in [1.82, 2.24) is 9.97 Å². The van der Waals surface area contributed by atoms with Crippen LogP contribution in [0.15, 0.2) is 175 Å². The molecule has 0 aliphatic heterocycles. The molecule has 3 heterocycles. The van der Waals surface area contributed by atoms with Gasteiger partial charge < -0.3 is 14.4 Å². The molecule has 8 aromatic rings. The minimum atomic E-state index is 0. The monoisotopic (exact) mass is 769 g/mol. The molecule has 3 aromatic heterocycles. The zero-order valence-corrected chi connectivity index (χ0v) is 27.2. The summed E-state index contributed by atoms with van der Waals surface area (Å²) in [6.45, 7) is 0. The van der Waals surface area contributed by atoms with E-state index in [0.717, 1.165) is 67.1 Å². The van der Waals surface area contributed by atoms with Crippen molar-refractivity contribution >= 4 is 11.0 Å². The smallest absolute Gasteiger partial charge is 0.135 e. The first-order valence-corrected chi connectivity index (χ1v) is 14.8. The summed E-state index contributed by atoms with van der Waals surface area (Å²) in [5, 5.41) is 1.08.